The fraction of sp³-hybridized carbons (Fsp3) is 0.346. The van der Waals surface area contributed by atoms with Crippen LogP contribution in [-0.2, 0) is 16.2 Å². The number of piperidine rings is 2. The van der Waals surface area contributed by atoms with Crippen molar-refractivity contribution in [3.63, 3.8) is 0 Å². The number of furan rings is 1. The first kappa shape index (κ1) is 21.2. The van der Waals surface area contributed by atoms with Crippen LogP contribution in [0.4, 0.5) is 0 Å². The number of nitrogens with zero attached hydrogens (tertiary/aromatic N) is 1. The van der Waals surface area contributed by atoms with Gasteiger partial charge in [0.05, 0.1) is 5.56 Å². The summed E-state index contributed by atoms with van der Waals surface area (Å²) in [5.41, 5.74) is 1.92. The van der Waals surface area contributed by atoms with Crippen molar-refractivity contribution < 1.29 is 23.5 Å². The molecule has 7 heteroatoms. The highest BCUT2D eigenvalue weighted by Gasteiger charge is 2.43. The molecule has 170 valence electrons. The van der Waals surface area contributed by atoms with E-state index in [9.17, 15) is 14.4 Å². The number of carbonyl (C=O) groups excluding carboxylic acids is 3. The predicted molar refractivity (Wildman–Crippen MR) is 122 cm³/mol. The second kappa shape index (κ2) is 8.39. The minimum atomic E-state index is -0.331. The summed E-state index contributed by atoms with van der Waals surface area (Å²) in [7, 11) is 0. The van der Waals surface area contributed by atoms with E-state index in [1.54, 1.807) is 11.8 Å². The first-order valence-electron chi connectivity index (χ1n) is 11.2. The molecule has 5 rings (SSSR count). The van der Waals surface area contributed by atoms with Gasteiger partial charge in [0.2, 0.25) is 11.8 Å². The Morgan fingerprint density at radius 2 is 1.76 bits per heavy atom. The number of aryl methyl sites for hydroxylation is 1. The van der Waals surface area contributed by atoms with Gasteiger partial charge in [-0.1, -0.05) is 30.3 Å². The van der Waals surface area contributed by atoms with Crippen LogP contribution in [0.3, 0.4) is 0 Å². The lowest BCUT2D eigenvalue weighted by Gasteiger charge is -2.43. The number of likely N-dealkylation sites (tertiary alicyclic amines) is 1. The van der Waals surface area contributed by atoms with Crippen LogP contribution in [0.5, 0.6) is 5.75 Å². The summed E-state index contributed by atoms with van der Waals surface area (Å²) in [5.74, 6) is 0.720. The SMILES string of the molecule is Cc1oc2ccc(OCc3ccccc3)cc2c1C(=O)N1CCC2(CC1)CC(=O)NC(=O)C2. The molecular formula is C26H26N2O5. The Labute approximate surface area is 191 Å². The highest BCUT2D eigenvalue weighted by atomic mass is 16.5. The van der Waals surface area contributed by atoms with Crippen molar-refractivity contribution in [3.8, 4) is 5.75 Å². The molecule has 33 heavy (non-hydrogen) atoms. The van der Waals surface area contributed by atoms with E-state index in [2.05, 4.69) is 5.32 Å². The molecule has 2 aliphatic heterocycles. The van der Waals surface area contributed by atoms with Crippen molar-refractivity contribution in [2.45, 2.75) is 39.2 Å². The Morgan fingerprint density at radius 1 is 1.06 bits per heavy atom. The van der Waals surface area contributed by atoms with Crippen molar-refractivity contribution in [2.24, 2.45) is 5.41 Å². The van der Waals surface area contributed by atoms with Gasteiger partial charge in [0.25, 0.3) is 5.91 Å². The number of hydrogen-bond acceptors (Lipinski definition) is 5. The highest BCUT2D eigenvalue weighted by Crippen LogP contribution is 2.41. The maximum absolute atomic E-state index is 13.5. The van der Waals surface area contributed by atoms with Crippen LogP contribution in [0.2, 0.25) is 0 Å². The van der Waals surface area contributed by atoms with Crippen LogP contribution in [0.1, 0.15) is 47.4 Å². The van der Waals surface area contributed by atoms with Crippen molar-refractivity contribution in [1.82, 2.24) is 10.2 Å². The first-order chi connectivity index (χ1) is 15.9. The van der Waals surface area contributed by atoms with Gasteiger partial charge in [-0.25, -0.2) is 0 Å². The van der Waals surface area contributed by atoms with Gasteiger partial charge in [-0.2, -0.15) is 0 Å². The molecule has 3 heterocycles. The number of amides is 3. The molecule has 0 atom stereocenters. The molecule has 3 amide bonds. The Kier molecular flexibility index (Phi) is 5.40. The van der Waals surface area contributed by atoms with Crippen LogP contribution in [0.25, 0.3) is 11.0 Å². The summed E-state index contributed by atoms with van der Waals surface area (Å²) >= 11 is 0. The fourth-order valence-electron chi connectivity index (χ4n) is 4.98. The van der Waals surface area contributed by atoms with E-state index in [-0.39, 0.29) is 23.1 Å². The van der Waals surface area contributed by atoms with E-state index in [4.69, 9.17) is 9.15 Å². The zero-order valence-corrected chi connectivity index (χ0v) is 18.6. The molecule has 0 saturated carbocycles. The molecule has 0 bridgehead atoms. The largest absolute Gasteiger partial charge is 0.489 e. The molecule has 2 fully saturated rings. The van der Waals surface area contributed by atoms with E-state index in [1.807, 2.05) is 48.5 Å². The number of nitrogens with one attached hydrogen (secondary N) is 1. The van der Waals surface area contributed by atoms with E-state index in [1.165, 1.54) is 0 Å². The number of ether oxygens (including phenoxy) is 1. The van der Waals surface area contributed by atoms with Crippen molar-refractivity contribution >= 4 is 28.7 Å². The van der Waals surface area contributed by atoms with Gasteiger partial charge in [0.1, 0.15) is 23.7 Å². The molecule has 0 aliphatic carbocycles. The topological polar surface area (TPSA) is 88.8 Å². The summed E-state index contributed by atoms with van der Waals surface area (Å²) in [6, 6.07) is 15.4. The van der Waals surface area contributed by atoms with Crippen molar-refractivity contribution in [3.05, 3.63) is 65.4 Å². The summed E-state index contributed by atoms with van der Waals surface area (Å²) < 4.78 is 11.8. The van der Waals surface area contributed by atoms with Crippen LogP contribution in [0.15, 0.2) is 52.9 Å². The zero-order valence-electron chi connectivity index (χ0n) is 18.6. The molecule has 1 aromatic heterocycles. The molecule has 3 aromatic rings. The molecule has 0 unspecified atom stereocenters. The lowest BCUT2D eigenvalue weighted by atomic mass is 9.71. The molecule has 1 spiro atoms. The average Bonchev–Trinajstić information content (AvgIpc) is 3.12. The molecule has 0 radical (unpaired) electrons. The van der Waals surface area contributed by atoms with Gasteiger partial charge in [-0.05, 0) is 48.9 Å². The fourth-order valence-corrected chi connectivity index (χ4v) is 4.98. The van der Waals surface area contributed by atoms with Crippen LogP contribution < -0.4 is 10.1 Å². The third-order valence-electron chi connectivity index (χ3n) is 6.76. The Bertz CT molecular complexity index is 1200. The second-order valence-corrected chi connectivity index (χ2v) is 9.08. The van der Waals surface area contributed by atoms with E-state index in [0.29, 0.717) is 68.0 Å². The summed E-state index contributed by atoms with van der Waals surface area (Å²) in [6.45, 7) is 3.26. The minimum Gasteiger partial charge on any atom is -0.489 e. The molecule has 2 aromatic carbocycles. The summed E-state index contributed by atoms with van der Waals surface area (Å²) in [6.07, 6.45) is 1.96. The predicted octanol–water partition coefficient (Wildman–Crippen LogP) is 3.98. The number of carbonyl (C=O) groups is 3. The smallest absolute Gasteiger partial charge is 0.258 e. The number of rotatable bonds is 4. The lowest BCUT2D eigenvalue weighted by molar-refractivity contribution is -0.139. The van der Waals surface area contributed by atoms with Crippen LogP contribution in [0, 0.1) is 12.3 Å². The lowest BCUT2D eigenvalue weighted by Crippen LogP contribution is -2.50. The Balaban J connectivity index is 1.33. The number of fused-ring (bicyclic) bond motifs is 1. The third-order valence-corrected chi connectivity index (χ3v) is 6.76. The Hall–Kier alpha value is -3.61. The molecular weight excluding hydrogens is 420 g/mol. The molecule has 2 saturated heterocycles. The van der Waals surface area contributed by atoms with E-state index < -0.39 is 0 Å². The maximum Gasteiger partial charge on any atom is 0.258 e. The summed E-state index contributed by atoms with van der Waals surface area (Å²) in [5, 5.41) is 3.11. The average molecular weight is 447 g/mol. The van der Waals surface area contributed by atoms with Crippen molar-refractivity contribution in [2.75, 3.05) is 13.1 Å². The maximum atomic E-state index is 13.5. The molecule has 2 aliphatic rings. The van der Waals surface area contributed by atoms with Gasteiger partial charge >= 0.3 is 0 Å². The van der Waals surface area contributed by atoms with Gasteiger partial charge in [0.15, 0.2) is 0 Å². The van der Waals surface area contributed by atoms with E-state index in [0.717, 1.165) is 10.9 Å². The monoisotopic (exact) mass is 446 g/mol. The van der Waals surface area contributed by atoms with Gasteiger partial charge < -0.3 is 14.1 Å². The Morgan fingerprint density at radius 3 is 2.45 bits per heavy atom. The number of benzene rings is 2. The van der Waals surface area contributed by atoms with Crippen LogP contribution in [-0.4, -0.2) is 35.7 Å². The number of imide groups is 1. The van der Waals surface area contributed by atoms with Gasteiger partial charge in [-0.3, -0.25) is 19.7 Å². The second-order valence-electron chi connectivity index (χ2n) is 9.08. The first-order valence-corrected chi connectivity index (χ1v) is 11.2. The highest BCUT2D eigenvalue weighted by molar-refractivity contribution is 6.07. The van der Waals surface area contributed by atoms with Crippen LogP contribution >= 0.6 is 0 Å². The third kappa shape index (κ3) is 4.23. The normalized spacial score (nSPS) is 17.9. The zero-order chi connectivity index (χ0) is 23.0. The number of hydrogen-bond donors (Lipinski definition) is 1. The van der Waals surface area contributed by atoms with Gasteiger partial charge in [0, 0.05) is 31.3 Å². The van der Waals surface area contributed by atoms with Crippen molar-refractivity contribution in [1.29, 1.82) is 0 Å². The summed E-state index contributed by atoms with van der Waals surface area (Å²) in [4.78, 5) is 39.0. The van der Waals surface area contributed by atoms with E-state index >= 15 is 0 Å². The molecule has 1 N–H and O–H groups in total. The standard InChI is InChI=1S/C26H26N2O5/c1-17-24(25(31)28-11-9-26(10-12-28)14-22(29)27-23(30)15-26)20-13-19(7-8-21(20)33-17)32-16-18-5-3-2-4-6-18/h2-8,13H,9-12,14-16H2,1H3,(H,27,29,30). The quantitative estimate of drug-likeness (QED) is 0.613. The molecule has 7 nitrogen and oxygen atoms in total. The van der Waals surface area contributed by atoms with Gasteiger partial charge in [-0.15, -0.1) is 0 Å². The minimum absolute atomic E-state index is 0.0899.